The number of nitrogens with zero attached hydrogens (tertiary/aromatic N) is 3. The average Bonchev–Trinajstić information content (AvgIpc) is 2.76. The molecule has 0 bridgehead atoms. The van der Waals surface area contributed by atoms with Crippen molar-refractivity contribution in [2.24, 2.45) is 5.10 Å². The highest BCUT2D eigenvalue weighted by Crippen LogP contribution is 2.25. The van der Waals surface area contributed by atoms with Crippen molar-refractivity contribution >= 4 is 12.2 Å². The highest BCUT2D eigenvalue weighted by Gasteiger charge is 2.08. The minimum absolute atomic E-state index is 0.193. The van der Waals surface area contributed by atoms with Crippen LogP contribution in [0, 0.1) is 5.82 Å². The molecular weight excluding hydrogens is 367 g/mol. The molecule has 29 heavy (non-hydrogen) atoms. The fourth-order valence-electron chi connectivity index (χ4n) is 2.75. The molecule has 0 spiro atoms. The molecule has 0 fully saturated rings. The Kier molecular flexibility index (Phi) is 5.25. The molecule has 5 nitrogen and oxygen atoms in total. The Morgan fingerprint density at radius 3 is 2.07 bits per heavy atom. The average molecular weight is 384 g/mol. The van der Waals surface area contributed by atoms with E-state index in [9.17, 15) is 9.50 Å². The van der Waals surface area contributed by atoms with Gasteiger partial charge in [-0.25, -0.2) is 19.8 Å². The van der Waals surface area contributed by atoms with Gasteiger partial charge in [0.05, 0.1) is 17.6 Å². The van der Waals surface area contributed by atoms with Crippen molar-refractivity contribution in [3.63, 3.8) is 0 Å². The van der Waals surface area contributed by atoms with Crippen molar-refractivity contribution in [3.8, 4) is 28.3 Å². The van der Waals surface area contributed by atoms with E-state index in [1.54, 1.807) is 42.6 Å². The SMILES string of the molecule is Oc1ccc(C=NNc2nc(-c3ccccc3)cc(-c3ccc(F)cc3)n2)cc1. The van der Waals surface area contributed by atoms with Gasteiger partial charge in [-0.3, -0.25) is 0 Å². The van der Waals surface area contributed by atoms with Gasteiger partial charge in [-0.2, -0.15) is 5.10 Å². The van der Waals surface area contributed by atoms with Crippen LogP contribution in [0.1, 0.15) is 5.56 Å². The number of aromatic nitrogens is 2. The first-order chi connectivity index (χ1) is 14.2. The van der Waals surface area contributed by atoms with E-state index in [4.69, 9.17) is 0 Å². The molecule has 4 rings (SSSR count). The first kappa shape index (κ1) is 18.3. The van der Waals surface area contributed by atoms with Gasteiger partial charge in [-0.05, 0) is 60.2 Å². The van der Waals surface area contributed by atoms with Crippen LogP contribution in [0.15, 0.2) is 90.0 Å². The van der Waals surface area contributed by atoms with E-state index in [1.807, 2.05) is 36.4 Å². The topological polar surface area (TPSA) is 70.4 Å². The van der Waals surface area contributed by atoms with Gasteiger partial charge >= 0.3 is 0 Å². The third-order valence-corrected chi connectivity index (χ3v) is 4.21. The second-order valence-corrected chi connectivity index (χ2v) is 6.30. The summed E-state index contributed by atoms with van der Waals surface area (Å²) < 4.78 is 13.3. The molecule has 1 heterocycles. The highest BCUT2D eigenvalue weighted by atomic mass is 19.1. The lowest BCUT2D eigenvalue weighted by Gasteiger charge is -2.08. The van der Waals surface area contributed by atoms with Gasteiger partial charge in [0.15, 0.2) is 0 Å². The zero-order valence-electron chi connectivity index (χ0n) is 15.3. The quantitative estimate of drug-likeness (QED) is 0.371. The number of anilines is 1. The molecule has 1 aromatic heterocycles. The van der Waals surface area contributed by atoms with E-state index >= 15 is 0 Å². The van der Waals surface area contributed by atoms with Crippen molar-refractivity contribution in [1.29, 1.82) is 0 Å². The molecule has 142 valence electrons. The summed E-state index contributed by atoms with van der Waals surface area (Å²) in [6, 6.07) is 24.4. The summed E-state index contributed by atoms with van der Waals surface area (Å²) in [6.45, 7) is 0. The number of phenols is 1. The fourth-order valence-corrected chi connectivity index (χ4v) is 2.75. The van der Waals surface area contributed by atoms with Crippen LogP contribution in [0.5, 0.6) is 5.75 Å². The Morgan fingerprint density at radius 1 is 0.793 bits per heavy atom. The van der Waals surface area contributed by atoms with Crippen molar-refractivity contribution in [2.45, 2.75) is 0 Å². The first-order valence-corrected chi connectivity index (χ1v) is 8.96. The summed E-state index contributed by atoms with van der Waals surface area (Å²) in [5.41, 5.74) is 6.75. The normalized spacial score (nSPS) is 10.9. The van der Waals surface area contributed by atoms with E-state index in [-0.39, 0.29) is 11.6 Å². The zero-order valence-corrected chi connectivity index (χ0v) is 15.3. The number of rotatable bonds is 5. The van der Waals surface area contributed by atoms with Crippen LogP contribution in [0.3, 0.4) is 0 Å². The Bertz CT molecular complexity index is 1130. The van der Waals surface area contributed by atoms with Crippen molar-refractivity contribution in [3.05, 3.63) is 96.3 Å². The van der Waals surface area contributed by atoms with Crippen LogP contribution in [0.4, 0.5) is 10.3 Å². The van der Waals surface area contributed by atoms with E-state index < -0.39 is 0 Å². The maximum absolute atomic E-state index is 13.3. The van der Waals surface area contributed by atoms with Gasteiger partial charge in [0.1, 0.15) is 11.6 Å². The third-order valence-electron chi connectivity index (χ3n) is 4.21. The summed E-state index contributed by atoms with van der Waals surface area (Å²) in [5.74, 6) is 0.210. The lowest BCUT2D eigenvalue weighted by molar-refractivity contribution is 0.475. The van der Waals surface area contributed by atoms with Crippen molar-refractivity contribution in [2.75, 3.05) is 5.43 Å². The number of hydrazone groups is 1. The number of halogens is 1. The molecule has 0 aliphatic carbocycles. The predicted molar refractivity (Wildman–Crippen MR) is 112 cm³/mol. The maximum Gasteiger partial charge on any atom is 0.244 e. The van der Waals surface area contributed by atoms with Gasteiger partial charge in [0, 0.05) is 11.1 Å². The van der Waals surface area contributed by atoms with Gasteiger partial charge in [-0.15, -0.1) is 0 Å². The number of hydrogen-bond acceptors (Lipinski definition) is 5. The summed E-state index contributed by atoms with van der Waals surface area (Å²) in [6.07, 6.45) is 1.61. The molecule has 0 atom stereocenters. The van der Waals surface area contributed by atoms with E-state index in [1.165, 1.54) is 12.1 Å². The molecule has 3 aromatic carbocycles. The third kappa shape index (κ3) is 4.62. The Morgan fingerprint density at radius 2 is 1.41 bits per heavy atom. The molecular formula is C23H17FN4O. The van der Waals surface area contributed by atoms with Crippen LogP contribution in [-0.4, -0.2) is 21.3 Å². The molecule has 0 radical (unpaired) electrons. The Balaban J connectivity index is 1.67. The zero-order chi connectivity index (χ0) is 20.1. The minimum Gasteiger partial charge on any atom is -0.508 e. The molecule has 0 amide bonds. The summed E-state index contributed by atoms with van der Waals surface area (Å²) in [4.78, 5) is 9.05. The monoisotopic (exact) mass is 384 g/mol. The smallest absolute Gasteiger partial charge is 0.244 e. The standard InChI is InChI=1S/C23H17FN4O/c24-19-10-8-18(9-11-19)22-14-21(17-4-2-1-3-5-17)26-23(27-22)28-25-15-16-6-12-20(29)13-7-16/h1-15,29H,(H,26,27,28). The van der Waals surface area contributed by atoms with Crippen LogP contribution >= 0.6 is 0 Å². The minimum atomic E-state index is -0.303. The van der Waals surface area contributed by atoms with Gasteiger partial charge < -0.3 is 5.11 Å². The van der Waals surface area contributed by atoms with Crippen LogP contribution in [0.25, 0.3) is 22.5 Å². The van der Waals surface area contributed by atoms with Crippen LogP contribution in [-0.2, 0) is 0 Å². The molecule has 6 heteroatoms. The number of hydrogen-bond donors (Lipinski definition) is 2. The second-order valence-electron chi connectivity index (χ2n) is 6.30. The van der Waals surface area contributed by atoms with Crippen LogP contribution < -0.4 is 5.43 Å². The summed E-state index contributed by atoms with van der Waals surface area (Å²) in [7, 11) is 0. The lowest BCUT2D eigenvalue weighted by Crippen LogP contribution is -2.00. The molecule has 0 unspecified atom stereocenters. The van der Waals surface area contributed by atoms with Gasteiger partial charge in [0.2, 0.25) is 5.95 Å². The molecule has 0 saturated carbocycles. The molecule has 0 aliphatic heterocycles. The molecule has 2 N–H and O–H groups in total. The summed E-state index contributed by atoms with van der Waals surface area (Å²) in [5, 5.41) is 13.5. The number of aromatic hydroxyl groups is 1. The second kappa shape index (κ2) is 8.31. The number of phenolic OH excluding ortho intramolecular Hbond substituents is 1. The van der Waals surface area contributed by atoms with Gasteiger partial charge in [-0.1, -0.05) is 30.3 Å². The fraction of sp³-hybridized carbons (Fsp3) is 0. The Labute approximate surface area is 167 Å². The van der Waals surface area contributed by atoms with Crippen LogP contribution in [0.2, 0.25) is 0 Å². The highest BCUT2D eigenvalue weighted by molar-refractivity contribution is 5.80. The largest absolute Gasteiger partial charge is 0.508 e. The predicted octanol–water partition coefficient (Wildman–Crippen LogP) is 5.10. The van der Waals surface area contributed by atoms with Gasteiger partial charge in [0.25, 0.3) is 0 Å². The maximum atomic E-state index is 13.3. The molecule has 4 aromatic rings. The number of nitrogens with one attached hydrogen (secondary N) is 1. The Hall–Kier alpha value is -4.06. The van der Waals surface area contributed by atoms with E-state index in [2.05, 4.69) is 20.5 Å². The lowest BCUT2D eigenvalue weighted by atomic mass is 10.1. The van der Waals surface area contributed by atoms with Crippen molar-refractivity contribution < 1.29 is 9.50 Å². The molecule has 0 aliphatic rings. The molecule has 0 saturated heterocycles. The van der Waals surface area contributed by atoms with Crippen molar-refractivity contribution in [1.82, 2.24) is 9.97 Å². The summed E-state index contributed by atoms with van der Waals surface area (Å²) >= 11 is 0. The first-order valence-electron chi connectivity index (χ1n) is 8.96. The van der Waals surface area contributed by atoms with E-state index in [0.717, 1.165) is 22.4 Å². The van der Waals surface area contributed by atoms with E-state index in [0.29, 0.717) is 11.6 Å². The number of benzene rings is 3.